The first-order chi connectivity index (χ1) is 11.8. The third-order valence-corrected chi connectivity index (χ3v) is 3.97. The smallest absolute Gasteiger partial charge is 0.347 e. The fourth-order valence-electron chi connectivity index (χ4n) is 2.52. The van der Waals surface area contributed by atoms with Crippen molar-refractivity contribution in [1.82, 2.24) is 15.1 Å². The predicted octanol–water partition coefficient (Wildman–Crippen LogP) is 2.95. The molecule has 1 saturated heterocycles. The number of alkyl halides is 3. The van der Waals surface area contributed by atoms with Gasteiger partial charge in [-0.1, -0.05) is 12.1 Å². The van der Waals surface area contributed by atoms with Crippen LogP contribution in [0.4, 0.5) is 13.2 Å². The second kappa shape index (κ2) is 9.98. The average Bonchev–Trinajstić information content (AvgIpc) is 3.08. The van der Waals surface area contributed by atoms with Gasteiger partial charge in [-0.3, -0.25) is 4.79 Å². The lowest BCUT2D eigenvalue weighted by atomic mass is 10.1. The largest absolute Gasteiger partial charge is 0.416 e. The third kappa shape index (κ3) is 6.65. The quantitative estimate of drug-likeness (QED) is 0.407. The molecule has 0 atom stereocenters. The number of carbonyl (C=O) groups excluding carboxylic acids is 1. The van der Waals surface area contributed by atoms with Crippen LogP contribution in [0.1, 0.15) is 24.0 Å². The van der Waals surface area contributed by atoms with Crippen LogP contribution in [0.2, 0.25) is 0 Å². The summed E-state index contributed by atoms with van der Waals surface area (Å²) < 4.78 is 38.4. The minimum atomic E-state index is -4.37. The maximum Gasteiger partial charge on any atom is 0.416 e. The van der Waals surface area contributed by atoms with Gasteiger partial charge in [0.05, 0.1) is 18.7 Å². The van der Waals surface area contributed by atoms with Crippen LogP contribution in [0.15, 0.2) is 29.3 Å². The van der Waals surface area contributed by atoms with Crippen LogP contribution in [0, 0.1) is 0 Å². The van der Waals surface area contributed by atoms with Gasteiger partial charge in [0.15, 0.2) is 5.96 Å². The molecule has 1 fully saturated rings. The van der Waals surface area contributed by atoms with E-state index < -0.39 is 11.7 Å². The van der Waals surface area contributed by atoms with E-state index in [4.69, 9.17) is 0 Å². The normalized spacial score (nSPS) is 14.8. The van der Waals surface area contributed by atoms with Gasteiger partial charge >= 0.3 is 6.18 Å². The minimum absolute atomic E-state index is 0. The summed E-state index contributed by atoms with van der Waals surface area (Å²) in [5, 5.41) is 3.02. The van der Waals surface area contributed by atoms with E-state index >= 15 is 0 Å². The lowest BCUT2D eigenvalue weighted by Crippen LogP contribution is -2.44. The summed E-state index contributed by atoms with van der Waals surface area (Å²) in [5.41, 5.74) is -0.203. The van der Waals surface area contributed by atoms with Gasteiger partial charge in [0.25, 0.3) is 0 Å². The van der Waals surface area contributed by atoms with Crippen LogP contribution in [-0.2, 0) is 17.5 Å². The first kappa shape index (κ1) is 22.5. The highest BCUT2D eigenvalue weighted by molar-refractivity contribution is 14.0. The number of hydrogen-bond donors (Lipinski definition) is 1. The SMILES string of the molecule is CN(C)C(=O)CNC(=NCc1cccc(C(F)(F)F)c1)N1CCCC1.I. The molecular weight excluding hydrogens is 460 g/mol. The summed E-state index contributed by atoms with van der Waals surface area (Å²) in [7, 11) is 3.33. The van der Waals surface area contributed by atoms with Gasteiger partial charge in [-0.25, -0.2) is 4.99 Å². The molecule has 1 aromatic rings. The molecule has 2 rings (SSSR count). The van der Waals surface area contributed by atoms with Crippen molar-refractivity contribution in [1.29, 1.82) is 0 Å². The van der Waals surface area contributed by atoms with Crippen molar-refractivity contribution in [2.75, 3.05) is 33.7 Å². The second-order valence-corrected chi connectivity index (χ2v) is 6.17. The number of hydrogen-bond acceptors (Lipinski definition) is 2. The predicted molar refractivity (Wildman–Crippen MR) is 106 cm³/mol. The van der Waals surface area contributed by atoms with Gasteiger partial charge in [-0.2, -0.15) is 13.2 Å². The number of nitrogens with one attached hydrogen (secondary N) is 1. The van der Waals surface area contributed by atoms with Crippen LogP contribution >= 0.6 is 24.0 Å². The number of benzene rings is 1. The standard InChI is InChI=1S/C17H23F3N4O.HI/c1-23(2)15(25)12-22-16(24-8-3-4-9-24)21-11-13-6-5-7-14(10-13)17(18,19)20;/h5-7,10H,3-4,8-9,11-12H2,1-2H3,(H,21,22);1H. The highest BCUT2D eigenvalue weighted by Crippen LogP contribution is 2.29. The number of halogens is 4. The number of rotatable bonds is 4. The van der Waals surface area contributed by atoms with Crippen LogP contribution in [0.5, 0.6) is 0 Å². The van der Waals surface area contributed by atoms with Gasteiger partial charge in [0.1, 0.15) is 0 Å². The van der Waals surface area contributed by atoms with Crippen molar-refractivity contribution in [2.24, 2.45) is 4.99 Å². The molecule has 0 bridgehead atoms. The number of nitrogens with zero attached hydrogens (tertiary/aromatic N) is 3. The molecule has 1 aromatic carbocycles. The summed E-state index contributed by atoms with van der Waals surface area (Å²) in [5.74, 6) is 0.469. The lowest BCUT2D eigenvalue weighted by Gasteiger charge is -2.22. The van der Waals surface area contributed by atoms with Crippen molar-refractivity contribution >= 4 is 35.8 Å². The van der Waals surface area contributed by atoms with Crippen molar-refractivity contribution in [3.63, 3.8) is 0 Å². The number of guanidine groups is 1. The van der Waals surface area contributed by atoms with E-state index in [0.29, 0.717) is 11.5 Å². The van der Waals surface area contributed by atoms with E-state index in [-0.39, 0.29) is 43.0 Å². The molecule has 1 amide bonds. The first-order valence-corrected chi connectivity index (χ1v) is 8.17. The number of aliphatic imine (C=N–C) groups is 1. The van der Waals surface area contributed by atoms with Crippen LogP contribution in [-0.4, -0.2) is 55.4 Å². The monoisotopic (exact) mass is 484 g/mol. The summed E-state index contributed by atoms with van der Waals surface area (Å²) >= 11 is 0. The van der Waals surface area contributed by atoms with Crippen LogP contribution in [0.3, 0.4) is 0 Å². The van der Waals surface area contributed by atoms with Gasteiger partial charge in [-0.15, -0.1) is 24.0 Å². The topological polar surface area (TPSA) is 47.9 Å². The second-order valence-electron chi connectivity index (χ2n) is 6.17. The number of amides is 1. The first-order valence-electron chi connectivity index (χ1n) is 8.17. The average molecular weight is 484 g/mol. The van der Waals surface area contributed by atoms with Gasteiger partial charge in [0.2, 0.25) is 5.91 Å². The Kier molecular flexibility index (Phi) is 8.65. The van der Waals surface area contributed by atoms with E-state index in [2.05, 4.69) is 10.3 Å². The molecule has 0 aliphatic carbocycles. The number of carbonyl (C=O) groups is 1. The highest BCUT2D eigenvalue weighted by Gasteiger charge is 2.30. The molecule has 26 heavy (non-hydrogen) atoms. The highest BCUT2D eigenvalue weighted by atomic mass is 127. The van der Waals surface area contributed by atoms with E-state index in [1.54, 1.807) is 20.2 Å². The van der Waals surface area contributed by atoms with Crippen molar-refractivity contribution < 1.29 is 18.0 Å². The summed E-state index contributed by atoms with van der Waals surface area (Å²) in [6.45, 7) is 1.87. The molecular formula is C17H24F3IN4O. The number of likely N-dealkylation sites (tertiary alicyclic amines) is 1. The molecule has 1 heterocycles. The molecule has 1 aliphatic heterocycles. The zero-order valence-electron chi connectivity index (χ0n) is 14.8. The summed E-state index contributed by atoms with van der Waals surface area (Å²) in [6.07, 6.45) is -2.30. The zero-order valence-corrected chi connectivity index (χ0v) is 17.2. The number of likely N-dealkylation sites (N-methyl/N-ethyl adjacent to an activating group) is 1. The Bertz CT molecular complexity index is 629. The Morgan fingerprint density at radius 1 is 1.27 bits per heavy atom. The van der Waals surface area contributed by atoms with Crippen LogP contribution < -0.4 is 5.32 Å². The van der Waals surface area contributed by atoms with E-state index in [9.17, 15) is 18.0 Å². The van der Waals surface area contributed by atoms with Crippen molar-refractivity contribution in [2.45, 2.75) is 25.6 Å². The molecule has 5 nitrogen and oxygen atoms in total. The molecule has 0 radical (unpaired) electrons. The lowest BCUT2D eigenvalue weighted by molar-refractivity contribution is -0.137. The Morgan fingerprint density at radius 2 is 1.92 bits per heavy atom. The maximum absolute atomic E-state index is 12.8. The van der Waals surface area contributed by atoms with Crippen LogP contribution in [0.25, 0.3) is 0 Å². The molecule has 0 aromatic heterocycles. The third-order valence-electron chi connectivity index (χ3n) is 3.97. The van der Waals surface area contributed by atoms with Gasteiger partial charge in [-0.05, 0) is 30.5 Å². The molecule has 9 heteroatoms. The van der Waals surface area contributed by atoms with E-state index in [0.717, 1.165) is 38.1 Å². The molecule has 0 spiro atoms. The van der Waals surface area contributed by atoms with Gasteiger partial charge in [0, 0.05) is 27.2 Å². The Labute approximate surface area is 168 Å². The Morgan fingerprint density at radius 3 is 2.50 bits per heavy atom. The molecule has 1 N–H and O–H groups in total. The van der Waals surface area contributed by atoms with E-state index in [1.807, 2.05) is 4.90 Å². The molecule has 1 aliphatic rings. The van der Waals surface area contributed by atoms with Gasteiger partial charge < -0.3 is 15.1 Å². The zero-order chi connectivity index (χ0) is 18.4. The summed E-state index contributed by atoms with van der Waals surface area (Å²) in [6, 6.07) is 5.15. The molecule has 0 saturated carbocycles. The van der Waals surface area contributed by atoms with Crippen molar-refractivity contribution in [3.8, 4) is 0 Å². The Hall–Kier alpha value is -1.52. The molecule has 146 valence electrons. The van der Waals surface area contributed by atoms with E-state index in [1.165, 1.54) is 11.0 Å². The fourth-order valence-corrected chi connectivity index (χ4v) is 2.52. The van der Waals surface area contributed by atoms with Crippen molar-refractivity contribution in [3.05, 3.63) is 35.4 Å². The maximum atomic E-state index is 12.8. The summed E-state index contributed by atoms with van der Waals surface area (Å²) in [4.78, 5) is 19.7. The molecule has 0 unspecified atom stereocenters. The fraction of sp³-hybridized carbons (Fsp3) is 0.529. The minimum Gasteiger partial charge on any atom is -0.347 e. The Balaban J connectivity index is 0.00000338.